The summed E-state index contributed by atoms with van der Waals surface area (Å²) in [4.78, 5) is 16.9. The molecule has 2 rings (SSSR count). The van der Waals surface area contributed by atoms with E-state index >= 15 is 0 Å². The Balaban J connectivity index is 1.75. The maximum Gasteiger partial charge on any atom is 0.339 e. The lowest BCUT2D eigenvalue weighted by molar-refractivity contribution is 0.0526. The molecule has 0 bridgehead atoms. The molecule has 21 heavy (non-hydrogen) atoms. The van der Waals surface area contributed by atoms with Gasteiger partial charge < -0.3 is 10.1 Å². The SMILES string of the molecule is CCOC(=O)c1ccc(NCCSc2ccccc2)nc1. The van der Waals surface area contributed by atoms with Crippen molar-refractivity contribution in [3.05, 3.63) is 54.2 Å². The van der Waals surface area contributed by atoms with E-state index in [-0.39, 0.29) is 5.97 Å². The van der Waals surface area contributed by atoms with Gasteiger partial charge in [0.05, 0.1) is 12.2 Å². The average Bonchev–Trinajstić information content (AvgIpc) is 2.53. The number of rotatable bonds is 7. The summed E-state index contributed by atoms with van der Waals surface area (Å²) < 4.78 is 4.91. The molecule has 0 atom stereocenters. The molecule has 0 aliphatic heterocycles. The molecule has 1 aromatic carbocycles. The maximum atomic E-state index is 11.5. The smallest absolute Gasteiger partial charge is 0.339 e. The molecule has 110 valence electrons. The molecule has 1 N–H and O–H groups in total. The minimum absolute atomic E-state index is 0.337. The first-order valence-electron chi connectivity index (χ1n) is 6.84. The summed E-state index contributed by atoms with van der Waals surface area (Å²) in [5.41, 5.74) is 0.473. The third-order valence-electron chi connectivity index (χ3n) is 2.69. The van der Waals surface area contributed by atoms with Crippen molar-refractivity contribution >= 4 is 23.5 Å². The van der Waals surface area contributed by atoms with Gasteiger partial charge in [0.1, 0.15) is 5.82 Å². The van der Waals surface area contributed by atoms with Crippen molar-refractivity contribution in [3.63, 3.8) is 0 Å². The number of hydrogen-bond acceptors (Lipinski definition) is 5. The van der Waals surface area contributed by atoms with E-state index in [2.05, 4.69) is 22.4 Å². The van der Waals surface area contributed by atoms with Crippen LogP contribution in [0.25, 0.3) is 0 Å². The summed E-state index contributed by atoms with van der Waals surface area (Å²) in [6.07, 6.45) is 1.53. The zero-order chi connectivity index (χ0) is 14.9. The molecule has 1 aromatic heterocycles. The Bertz CT molecular complexity index is 558. The van der Waals surface area contributed by atoms with E-state index in [9.17, 15) is 4.79 Å². The standard InChI is InChI=1S/C16H18N2O2S/c1-2-20-16(19)13-8-9-15(18-12-13)17-10-11-21-14-6-4-3-5-7-14/h3-9,12H,2,10-11H2,1H3,(H,17,18). The van der Waals surface area contributed by atoms with Crippen molar-refractivity contribution in [2.24, 2.45) is 0 Å². The number of thioether (sulfide) groups is 1. The summed E-state index contributed by atoms with van der Waals surface area (Å²) in [6, 6.07) is 13.8. The van der Waals surface area contributed by atoms with Crippen LogP contribution < -0.4 is 5.32 Å². The van der Waals surface area contributed by atoms with E-state index in [0.717, 1.165) is 18.1 Å². The van der Waals surface area contributed by atoms with Crippen molar-refractivity contribution < 1.29 is 9.53 Å². The highest BCUT2D eigenvalue weighted by molar-refractivity contribution is 7.99. The van der Waals surface area contributed by atoms with Gasteiger partial charge in [-0.25, -0.2) is 9.78 Å². The molecule has 4 nitrogen and oxygen atoms in total. The number of pyridine rings is 1. The van der Waals surface area contributed by atoms with Gasteiger partial charge in [0.2, 0.25) is 0 Å². The van der Waals surface area contributed by atoms with E-state index < -0.39 is 0 Å². The third kappa shape index (κ3) is 5.11. The van der Waals surface area contributed by atoms with Crippen molar-refractivity contribution in [1.82, 2.24) is 4.98 Å². The zero-order valence-electron chi connectivity index (χ0n) is 11.9. The number of carbonyl (C=O) groups is 1. The van der Waals surface area contributed by atoms with Crippen LogP contribution >= 0.6 is 11.8 Å². The summed E-state index contributed by atoms with van der Waals surface area (Å²) in [7, 11) is 0. The van der Waals surface area contributed by atoms with Crippen molar-refractivity contribution in [3.8, 4) is 0 Å². The Morgan fingerprint density at radius 3 is 2.71 bits per heavy atom. The van der Waals surface area contributed by atoms with E-state index in [4.69, 9.17) is 4.74 Å². The van der Waals surface area contributed by atoms with Crippen LogP contribution in [0.4, 0.5) is 5.82 Å². The molecule has 5 heteroatoms. The van der Waals surface area contributed by atoms with Crippen LogP contribution in [-0.2, 0) is 4.74 Å². The minimum Gasteiger partial charge on any atom is -0.462 e. The van der Waals surface area contributed by atoms with Gasteiger partial charge in [0.15, 0.2) is 0 Å². The first-order chi connectivity index (χ1) is 10.3. The van der Waals surface area contributed by atoms with Crippen LogP contribution in [0, 0.1) is 0 Å². The number of nitrogens with zero attached hydrogens (tertiary/aromatic N) is 1. The lowest BCUT2D eigenvalue weighted by Gasteiger charge is -2.06. The number of hydrogen-bond donors (Lipinski definition) is 1. The minimum atomic E-state index is -0.337. The lowest BCUT2D eigenvalue weighted by Crippen LogP contribution is -2.08. The molecule has 0 saturated carbocycles. The maximum absolute atomic E-state index is 11.5. The second-order valence-corrected chi connectivity index (χ2v) is 5.41. The Hall–Kier alpha value is -2.01. The molecule has 0 unspecified atom stereocenters. The molecule has 0 saturated heterocycles. The monoisotopic (exact) mass is 302 g/mol. The molecular formula is C16H18N2O2S. The Morgan fingerprint density at radius 1 is 1.24 bits per heavy atom. The highest BCUT2D eigenvalue weighted by Gasteiger charge is 2.06. The number of ether oxygens (including phenoxy) is 1. The first kappa shape index (κ1) is 15.4. The van der Waals surface area contributed by atoms with Gasteiger partial charge in [-0.05, 0) is 31.2 Å². The highest BCUT2D eigenvalue weighted by Crippen LogP contribution is 2.16. The van der Waals surface area contributed by atoms with Crippen molar-refractivity contribution in [1.29, 1.82) is 0 Å². The third-order valence-corrected chi connectivity index (χ3v) is 3.71. The fraction of sp³-hybridized carbons (Fsp3) is 0.250. The van der Waals surface area contributed by atoms with Gasteiger partial charge in [-0.2, -0.15) is 0 Å². The predicted molar refractivity (Wildman–Crippen MR) is 85.8 cm³/mol. The summed E-state index contributed by atoms with van der Waals surface area (Å²) in [5.74, 6) is 1.37. The normalized spacial score (nSPS) is 10.1. The van der Waals surface area contributed by atoms with Gasteiger partial charge in [-0.1, -0.05) is 18.2 Å². The highest BCUT2D eigenvalue weighted by atomic mass is 32.2. The van der Waals surface area contributed by atoms with Crippen LogP contribution in [0.2, 0.25) is 0 Å². The van der Waals surface area contributed by atoms with E-state index in [1.54, 1.807) is 30.8 Å². The second-order valence-electron chi connectivity index (χ2n) is 4.24. The van der Waals surface area contributed by atoms with Crippen LogP contribution in [0.1, 0.15) is 17.3 Å². The molecule has 0 aliphatic rings. The molecule has 0 fully saturated rings. The summed E-state index contributed by atoms with van der Waals surface area (Å²) in [5, 5.41) is 3.23. The Morgan fingerprint density at radius 2 is 2.05 bits per heavy atom. The lowest BCUT2D eigenvalue weighted by atomic mass is 10.3. The first-order valence-corrected chi connectivity index (χ1v) is 7.83. The van der Waals surface area contributed by atoms with Crippen molar-refractivity contribution in [2.75, 3.05) is 24.2 Å². The largest absolute Gasteiger partial charge is 0.462 e. The van der Waals surface area contributed by atoms with E-state index in [1.807, 2.05) is 18.2 Å². The fourth-order valence-electron chi connectivity index (χ4n) is 1.70. The summed E-state index contributed by atoms with van der Waals surface area (Å²) >= 11 is 1.79. The van der Waals surface area contributed by atoms with E-state index in [0.29, 0.717) is 12.2 Å². The fourth-order valence-corrected chi connectivity index (χ4v) is 2.49. The molecule has 1 heterocycles. The average molecular weight is 302 g/mol. The molecular weight excluding hydrogens is 284 g/mol. The van der Waals surface area contributed by atoms with Crippen LogP contribution in [0.3, 0.4) is 0 Å². The number of carbonyl (C=O) groups excluding carboxylic acids is 1. The number of aromatic nitrogens is 1. The Labute approximate surface area is 128 Å². The van der Waals surface area contributed by atoms with Crippen LogP contribution in [0.15, 0.2) is 53.6 Å². The van der Waals surface area contributed by atoms with Crippen LogP contribution in [0.5, 0.6) is 0 Å². The molecule has 0 spiro atoms. The topological polar surface area (TPSA) is 51.2 Å². The van der Waals surface area contributed by atoms with Gasteiger partial charge in [0.25, 0.3) is 0 Å². The number of anilines is 1. The number of esters is 1. The summed E-state index contributed by atoms with van der Waals surface area (Å²) in [6.45, 7) is 2.96. The van der Waals surface area contributed by atoms with Gasteiger partial charge in [0, 0.05) is 23.4 Å². The second kappa shape index (κ2) is 8.32. The molecule has 0 aliphatic carbocycles. The quantitative estimate of drug-likeness (QED) is 0.482. The van der Waals surface area contributed by atoms with Gasteiger partial charge >= 0.3 is 5.97 Å². The molecule has 0 radical (unpaired) electrons. The molecule has 0 amide bonds. The Kier molecular flexibility index (Phi) is 6.09. The predicted octanol–water partition coefficient (Wildman–Crippen LogP) is 3.46. The number of nitrogens with one attached hydrogen (secondary N) is 1. The van der Waals surface area contributed by atoms with E-state index in [1.165, 1.54) is 11.1 Å². The van der Waals surface area contributed by atoms with Crippen LogP contribution in [-0.4, -0.2) is 29.9 Å². The van der Waals surface area contributed by atoms with Crippen molar-refractivity contribution in [2.45, 2.75) is 11.8 Å². The number of benzene rings is 1. The van der Waals surface area contributed by atoms with Gasteiger partial charge in [-0.15, -0.1) is 11.8 Å². The molecule has 2 aromatic rings. The van der Waals surface area contributed by atoms with Gasteiger partial charge in [-0.3, -0.25) is 0 Å². The zero-order valence-corrected chi connectivity index (χ0v) is 12.7.